The molecule has 0 aliphatic rings. The van der Waals surface area contributed by atoms with Gasteiger partial charge in [-0.15, -0.1) is 0 Å². The molecule has 37 heavy (non-hydrogen) atoms. The maximum absolute atomic E-state index is 14.4. The van der Waals surface area contributed by atoms with E-state index in [1.807, 2.05) is 27.7 Å². The molecule has 0 unspecified atom stereocenters. The molecular weight excluding hydrogens is 497 g/mol. The number of nitrogens with zero attached hydrogens (tertiary/aromatic N) is 2. The number of nitrogens with one attached hydrogen (secondary N) is 1. The Bertz CT molecular complexity index is 1160. The molecule has 2 amide bonds. The first-order valence-electron chi connectivity index (χ1n) is 12.3. The Balaban J connectivity index is 2.19. The van der Waals surface area contributed by atoms with Crippen LogP contribution in [0.15, 0.2) is 48.5 Å². The van der Waals surface area contributed by atoms with Gasteiger partial charge in [0.1, 0.15) is 17.6 Å². The molecule has 0 aliphatic heterocycles. The highest BCUT2D eigenvalue weighted by Gasteiger charge is 2.29. The van der Waals surface area contributed by atoms with Crippen LogP contribution in [0.3, 0.4) is 0 Å². The molecule has 8 nitrogen and oxygen atoms in total. The maximum Gasteiger partial charge on any atom is 0.242 e. The Labute approximate surface area is 219 Å². The van der Waals surface area contributed by atoms with Gasteiger partial charge < -0.3 is 15.0 Å². The monoisotopic (exact) mass is 535 g/mol. The molecule has 2 aromatic rings. The molecule has 0 saturated carbocycles. The van der Waals surface area contributed by atoms with Crippen LogP contribution in [0.5, 0.6) is 5.75 Å². The van der Waals surface area contributed by atoms with E-state index in [0.29, 0.717) is 23.6 Å². The van der Waals surface area contributed by atoms with Crippen LogP contribution in [-0.2, 0) is 26.2 Å². The highest BCUT2D eigenvalue weighted by Crippen LogP contribution is 2.23. The number of carbonyl (C=O) groups excluding carboxylic acids is 2. The minimum atomic E-state index is -3.61. The van der Waals surface area contributed by atoms with Crippen molar-refractivity contribution in [2.24, 2.45) is 0 Å². The van der Waals surface area contributed by atoms with E-state index in [1.54, 1.807) is 49.4 Å². The summed E-state index contributed by atoms with van der Waals surface area (Å²) in [6, 6.07) is 11.9. The summed E-state index contributed by atoms with van der Waals surface area (Å²) in [6.45, 7) is 9.43. The van der Waals surface area contributed by atoms with E-state index in [1.165, 1.54) is 15.3 Å². The zero-order valence-electron chi connectivity index (χ0n) is 22.5. The molecule has 1 N–H and O–H groups in total. The molecule has 0 aliphatic carbocycles. The second kappa shape index (κ2) is 12.9. The summed E-state index contributed by atoms with van der Waals surface area (Å²) in [6.07, 6.45) is 1.29. The number of hydrogen-bond acceptors (Lipinski definition) is 5. The second-order valence-corrected chi connectivity index (χ2v) is 11.8. The molecule has 0 bridgehead atoms. The van der Waals surface area contributed by atoms with Crippen molar-refractivity contribution in [3.05, 3.63) is 59.9 Å². The fraction of sp³-hybridized carbons (Fsp3) is 0.481. The van der Waals surface area contributed by atoms with Gasteiger partial charge in [0.05, 0.1) is 18.6 Å². The molecule has 10 heteroatoms. The highest BCUT2D eigenvalue weighted by atomic mass is 32.2. The average molecular weight is 536 g/mol. The molecule has 0 spiro atoms. The molecule has 0 radical (unpaired) electrons. The Morgan fingerprint density at radius 1 is 1.08 bits per heavy atom. The van der Waals surface area contributed by atoms with Crippen molar-refractivity contribution in [1.29, 1.82) is 0 Å². The standard InChI is InChI=1S/C27H38FN3O5S/c1-7-36-23-16-14-22(15-17-23)31(37(6,34)35)18-10-13-25(32)30(19-21-11-8-9-12-24(21)28)20(2)26(33)29-27(3,4)5/h8-9,11-12,14-17,20H,7,10,13,18-19H2,1-6H3,(H,29,33)/t20-/m0/s1. The number of sulfonamides is 1. The van der Waals surface area contributed by atoms with Crippen LogP contribution < -0.4 is 14.4 Å². The number of halogens is 1. The van der Waals surface area contributed by atoms with Gasteiger partial charge >= 0.3 is 0 Å². The topological polar surface area (TPSA) is 96.0 Å². The zero-order chi connectivity index (χ0) is 27.8. The van der Waals surface area contributed by atoms with Gasteiger partial charge in [-0.3, -0.25) is 13.9 Å². The van der Waals surface area contributed by atoms with Gasteiger partial charge in [0.2, 0.25) is 21.8 Å². The predicted molar refractivity (Wildman–Crippen MR) is 143 cm³/mol. The summed E-state index contributed by atoms with van der Waals surface area (Å²) in [5.41, 5.74) is 0.240. The van der Waals surface area contributed by atoms with Crippen molar-refractivity contribution >= 4 is 27.5 Å². The van der Waals surface area contributed by atoms with Gasteiger partial charge in [-0.05, 0) is 71.4 Å². The Morgan fingerprint density at radius 2 is 1.70 bits per heavy atom. The lowest BCUT2D eigenvalue weighted by Gasteiger charge is -2.32. The lowest BCUT2D eigenvalue weighted by molar-refractivity contribution is -0.141. The van der Waals surface area contributed by atoms with Crippen molar-refractivity contribution in [3.63, 3.8) is 0 Å². The molecule has 0 saturated heterocycles. The van der Waals surface area contributed by atoms with E-state index in [0.717, 1.165) is 6.26 Å². The van der Waals surface area contributed by atoms with Gasteiger partial charge in [0, 0.05) is 30.6 Å². The summed E-state index contributed by atoms with van der Waals surface area (Å²) in [5, 5.41) is 2.86. The minimum absolute atomic E-state index is 0.0232. The van der Waals surface area contributed by atoms with Crippen LogP contribution in [0.4, 0.5) is 10.1 Å². The van der Waals surface area contributed by atoms with E-state index in [4.69, 9.17) is 4.74 Å². The van der Waals surface area contributed by atoms with Crippen molar-refractivity contribution < 1.29 is 27.1 Å². The van der Waals surface area contributed by atoms with Crippen LogP contribution in [0, 0.1) is 5.82 Å². The van der Waals surface area contributed by atoms with Crippen LogP contribution in [0.1, 0.15) is 53.0 Å². The van der Waals surface area contributed by atoms with Crippen LogP contribution >= 0.6 is 0 Å². The average Bonchev–Trinajstić information content (AvgIpc) is 2.80. The normalized spacial score (nSPS) is 12.5. The Hall–Kier alpha value is -3.14. The van der Waals surface area contributed by atoms with E-state index in [9.17, 15) is 22.4 Å². The van der Waals surface area contributed by atoms with Crippen LogP contribution in [0.25, 0.3) is 0 Å². The quantitative estimate of drug-likeness (QED) is 0.442. The molecule has 2 aromatic carbocycles. The molecule has 0 heterocycles. The predicted octanol–water partition coefficient (Wildman–Crippen LogP) is 4.10. The summed E-state index contributed by atoms with van der Waals surface area (Å²) in [5.74, 6) is -0.576. The van der Waals surface area contributed by atoms with Crippen molar-refractivity contribution in [2.45, 2.75) is 65.6 Å². The van der Waals surface area contributed by atoms with Crippen molar-refractivity contribution in [1.82, 2.24) is 10.2 Å². The molecule has 0 aromatic heterocycles. The third-order valence-corrected chi connectivity index (χ3v) is 6.75. The number of ether oxygens (including phenoxy) is 1. The van der Waals surface area contributed by atoms with E-state index >= 15 is 0 Å². The van der Waals surface area contributed by atoms with Gasteiger partial charge in [-0.1, -0.05) is 18.2 Å². The smallest absolute Gasteiger partial charge is 0.242 e. The van der Waals surface area contributed by atoms with Gasteiger partial charge in [-0.2, -0.15) is 0 Å². The first-order valence-corrected chi connectivity index (χ1v) is 14.1. The zero-order valence-corrected chi connectivity index (χ0v) is 23.3. The molecular formula is C27H38FN3O5S. The highest BCUT2D eigenvalue weighted by molar-refractivity contribution is 7.92. The lowest BCUT2D eigenvalue weighted by atomic mass is 10.1. The largest absolute Gasteiger partial charge is 0.494 e. The van der Waals surface area contributed by atoms with Gasteiger partial charge in [0.15, 0.2) is 0 Å². The number of benzene rings is 2. The molecule has 0 fully saturated rings. The fourth-order valence-corrected chi connectivity index (χ4v) is 4.71. The Morgan fingerprint density at radius 3 is 2.24 bits per heavy atom. The second-order valence-electron chi connectivity index (χ2n) is 9.89. The van der Waals surface area contributed by atoms with Crippen molar-refractivity contribution in [2.75, 3.05) is 23.7 Å². The summed E-state index contributed by atoms with van der Waals surface area (Å²) in [7, 11) is -3.61. The fourth-order valence-electron chi connectivity index (χ4n) is 3.75. The Kier molecular flexibility index (Phi) is 10.5. The third kappa shape index (κ3) is 9.35. The number of anilines is 1. The van der Waals surface area contributed by atoms with E-state index in [2.05, 4.69) is 5.32 Å². The maximum atomic E-state index is 14.4. The first kappa shape index (κ1) is 30.1. The summed E-state index contributed by atoms with van der Waals surface area (Å²) in [4.78, 5) is 27.5. The number of rotatable bonds is 12. The van der Waals surface area contributed by atoms with Gasteiger partial charge in [-0.25, -0.2) is 12.8 Å². The number of carbonyl (C=O) groups is 2. The summed E-state index contributed by atoms with van der Waals surface area (Å²) < 4.78 is 46.0. The third-order valence-electron chi connectivity index (χ3n) is 5.55. The minimum Gasteiger partial charge on any atom is -0.494 e. The van der Waals surface area contributed by atoms with Gasteiger partial charge in [0.25, 0.3) is 0 Å². The number of amides is 2. The molecule has 2 rings (SSSR count). The molecule has 1 atom stereocenters. The van der Waals surface area contributed by atoms with Crippen molar-refractivity contribution in [3.8, 4) is 5.75 Å². The lowest BCUT2D eigenvalue weighted by Crippen LogP contribution is -2.52. The van der Waals surface area contributed by atoms with E-state index < -0.39 is 27.4 Å². The number of hydrogen-bond donors (Lipinski definition) is 1. The van der Waals surface area contributed by atoms with Crippen LogP contribution in [-0.4, -0.2) is 56.1 Å². The van der Waals surface area contributed by atoms with Crippen LogP contribution in [0.2, 0.25) is 0 Å². The molecule has 204 valence electrons. The van der Waals surface area contributed by atoms with E-state index in [-0.39, 0.29) is 37.7 Å². The summed E-state index contributed by atoms with van der Waals surface area (Å²) >= 11 is 0. The first-order chi connectivity index (χ1) is 17.2. The SMILES string of the molecule is CCOc1ccc(N(CCCC(=O)N(Cc2ccccc2F)[C@@H](C)C(=O)NC(C)(C)C)S(C)(=O)=O)cc1.